The van der Waals surface area contributed by atoms with Crippen LogP contribution in [-0.2, 0) is 6.54 Å². The highest BCUT2D eigenvalue weighted by molar-refractivity contribution is 9.10. The van der Waals surface area contributed by atoms with Gasteiger partial charge in [-0.25, -0.2) is 0 Å². The largest absolute Gasteiger partial charge is 0.382 e. The molecule has 2 aromatic rings. The van der Waals surface area contributed by atoms with Crippen LogP contribution in [0.25, 0.3) is 0 Å². The first-order valence-electron chi connectivity index (χ1n) is 5.11. The molecule has 94 valence electrons. The molecule has 1 aromatic heterocycles. The summed E-state index contributed by atoms with van der Waals surface area (Å²) in [5, 5.41) is 3.71. The Hall–Kier alpha value is -1.60. The monoisotopic (exact) mass is 326 g/mol. The Bertz CT molecular complexity index is 584. The van der Waals surface area contributed by atoms with Crippen LogP contribution in [0.3, 0.4) is 0 Å². The number of primary amides is 1. The van der Waals surface area contributed by atoms with Crippen molar-refractivity contribution in [3.63, 3.8) is 0 Å². The van der Waals surface area contributed by atoms with Crippen LogP contribution in [0.1, 0.15) is 15.9 Å². The van der Waals surface area contributed by atoms with Gasteiger partial charge in [0.1, 0.15) is 10.6 Å². The van der Waals surface area contributed by atoms with E-state index in [2.05, 4.69) is 25.6 Å². The predicted octanol–water partition coefficient (Wildman–Crippen LogP) is 2.20. The second-order valence-corrected chi connectivity index (χ2v) is 5.31. The molecule has 7 heteroatoms. The number of hydrogen-bond acceptors (Lipinski definition) is 5. The molecule has 18 heavy (non-hydrogen) atoms. The minimum Gasteiger partial charge on any atom is -0.382 e. The molecule has 5 nitrogen and oxygen atoms in total. The van der Waals surface area contributed by atoms with E-state index >= 15 is 0 Å². The average Bonchev–Trinajstić information content (AvgIpc) is 2.68. The molecule has 1 amide bonds. The summed E-state index contributed by atoms with van der Waals surface area (Å²) in [6, 6.07) is 7.85. The number of hydrogen-bond donors (Lipinski definition) is 3. The fourth-order valence-corrected chi connectivity index (χ4v) is 2.65. The van der Waals surface area contributed by atoms with Gasteiger partial charge in [-0.3, -0.25) is 4.79 Å². The molecule has 0 spiro atoms. The number of nitrogens with one attached hydrogen (secondary N) is 1. The standard InChI is InChI=1S/C11H11BrN4OS/c12-7-3-1-2-6(4-7)5-15-11-8(10(14)17)9(13)16-18-11/h1-4,15H,5H2,(H2,13,16)(H2,14,17). The van der Waals surface area contributed by atoms with Crippen molar-refractivity contribution in [3.05, 3.63) is 39.9 Å². The first-order chi connectivity index (χ1) is 8.58. The summed E-state index contributed by atoms with van der Waals surface area (Å²) in [6.07, 6.45) is 0. The number of anilines is 2. The van der Waals surface area contributed by atoms with Crippen molar-refractivity contribution in [2.75, 3.05) is 11.1 Å². The summed E-state index contributed by atoms with van der Waals surface area (Å²) in [5.41, 5.74) is 12.2. The average molecular weight is 327 g/mol. The summed E-state index contributed by atoms with van der Waals surface area (Å²) >= 11 is 4.53. The summed E-state index contributed by atoms with van der Waals surface area (Å²) in [4.78, 5) is 11.2. The van der Waals surface area contributed by atoms with Gasteiger partial charge >= 0.3 is 0 Å². The van der Waals surface area contributed by atoms with Gasteiger partial charge in [0.15, 0.2) is 5.82 Å². The number of amides is 1. The Kier molecular flexibility index (Phi) is 3.83. The number of nitrogens with two attached hydrogens (primary N) is 2. The Morgan fingerprint density at radius 3 is 2.94 bits per heavy atom. The second-order valence-electron chi connectivity index (χ2n) is 3.62. The molecule has 0 radical (unpaired) electrons. The molecule has 0 fully saturated rings. The van der Waals surface area contributed by atoms with Crippen LogP contribution < -0.4 is 16.8 Å². The summed E-state index contributed by atoms with van der Waals surface area (Å²) < 4.78 is 4.92. The SMILES string of the molecule is NC(=O)c1c(N)nsc1NCc1cccc(Br)c1. The van der Waals surface area contributed by atoms with E-state index in [1.807, 2.05) is 24.3 Å². The van der Waals surface area contributed by atoms with Gasteiger partial charge < -0.3 is 16.8 Å². The van der Waals surface area contributed by atoms with E-state index in [9.17, 15) is 4.79 Å². The van der Waals surface area contributed by atoms with E-state index in [0.717, 1.165) is 21.6 Å². The van der Waals surface area contributed by atoms with Gasteiger partial charge in [0, 0.05) is 11.0 Å². The lowest BCUT2D eigenvalue weighted by atomic mass is 10.2. The van der Waals surface area contributed by atoms with Gasteiger partial charge in [-0.15, -0.1) is 0 Å². The molecule has 0 atom stereocenters. The molecule has 0 aliphatic heterocycles. The number of aromatic nitrogens is 1. The quantitative estimate of drug-likeness (QED) is 0.802. The zero-order valence-corrected chi connectivity index (χ0v) is 11.7. The molecule has 0 unspecified atom stereocenters. The number of nitrogen functional groups attached to an aromatic ring is 1. The Balaban J connectivity index is 2.13. The normalized spacial score (nSPS) is 10.3. The molecule has 0 aliphatic rings. The summed E-state index contributed by atoms with van der Waals surface area (Å²) in [6.45, 7) is 0.571. The topological polar surface area (TPSA) is 94.0 Å². The maximum atomic E-state index is 11.2. The molecule has 1 aromatic carbocycles. The maximum absolute atomic E-state index is 11.2. The Morgan fingerprint density at radius 2 is 2.28 bits per heavy atom. The molecular weight excluding hydrogens is 316 g/mol. The fraction of sp³-hybridized carbons (Fsp3) is 0.0909. The lowest BCUT2D eigenvalue weighted by molar-refractivity contribution is 0.100. The van der Waals surface area contributed by atoms with Crippen molar-refractivity contribution in [2.24, 2.45) is 5.73 Å². The number of nitrogens with zero attached hydrogens (tertiary/aromatic N) is 1. The molecule has 0 aliphatic carbocycles. The zero-order valence-electron chi connectivity index (χ0n) is 9.31. The van der Waals surface area contributed by atoms with Crippen LogP contribution in [0.15, 0.2) is 28.7 Å². The van der Waals surface area contributed by atoms with Crippen molar-refractivity contribution in [2.45, 2.75) is 6.54 Å². The van der Waals surface area contributed by atoms with Gasteiger partial charge in [-0.2, -0.15) is 4.37 Å². The first kappa shape index (κ1) is 12.8. The summed E-state index contributed by atoms with van der Waals surface area (Å²) in [7, 11) is 0. The number of carbonyl (C=O) groups excluding carboxylic acids is 1. The number of benzene rings is 1. The Morgan fingerprint density at radius 1 is 1.50 bits per heavy atom. The van der Waals surface area contributed by atoms with Crippen molar-refractivity contribution >= 4 is 44.2 Å². The van der Waals surface area contributed by atoms with Gasteiger partial charge in [0.05, 0.1) is 0 Å². The van der Waals surface area contributed by atoms with Crippen molar-refractivity contribution < 1.29 is 4.79 Å². The van der Waals surface area contributed by atoms with Crippen molar-refractivity contribution in [1.82, 2.24) is 4.37 Å². The lowest BCUT2D eigenvalue weighted by Crippen LogP contribution is -2.14. The number of halogens is 1. The molecular formula is C11H11BrN4OS. The van der Waals surface area contributed by atoms with E-state index in [1.54, 1.807) is 0 Å². The fourth-order valence-electron chi connectivity index (χ4n) is 1.49. The highest BCUT2D eigenvalue weighted by Gasteiger charge is 2.16. The second kappa shape index (κ2) is 5.36. The molecule has 1 heterocycles. The van der Waals surface area contributed by atoms with Crippen molar-refractivity contribution in [3.8, 4) is 0 Å². The predicted molar refractivity (Wildman–Crippen MR) is 76.5 cm³/mol. The van der Waals surface area contributed by atoms with Gasteiger partial charge in [0.25, 0.3) is 5.91 Å². The third-order valence-electron chi connectivity index (χ3n) is 2.31. The third kappa shape index (κ3) is 2.80. The maximum Gasteiger partial charge on any atom is 0.255 e. The van der Waals surface area contributed by atoms with Gasteiger partial charge in [0.2, 0.25) is 0 Å². The van der Waals surface area contributed by atoms with E-state index in [0.29, 0.717) is 11.5 Å². The van der Waals surface area contributed by atoms with Crippen LogP contribution in [0.2, 0.25) is 0 Å². The smallest absolute Gasteiger partial charge is 0.255 e. The highest BCUT2D eigenvalue weighted by Crippen LogP contribution is 2.26. The van der Waals surface area contributed by atoms with Crippen LogP contribution >= 0.6 is 27.5 Å². The van der Waals surface area contributed by atoms with Crippen LogP contribution in [0, 0.1) is 0 Å². The highest BCUT2D eigenvalue weighted by atomic mass is 79.9. The minimum atomic E-state index is -0.571. The van der Waals surface area contributed by atoms with Gasteiger partial charge in [-0.1, -0.05) is 28.1 Å². The molecule has 0 saturated heterocycles. The van der Waals surface area contributed by atoms with Crippen LogP contribution in [0.4, 0.5) is 10.8 Å². The van der Waals surface area contributed by atoms with Crippen LogP contribution in [0.5, 0.6) is 0 Å². The van der Waals surface area contributed by atoms with E-state index < -0.39 is 5.91 Å². The minimum absolute atomic E-state index is 0.171. The first-order valence-corrected chi connectivity index (χ1v) is 6.68. The molecule has 5 N–H and O–H groups in total. The number of carbonyl (C=O) groups is 1. The molecule has 2 rings (SSSR count). The van der Waals surface area contributed by atoms with E-state index in [4.69, 9.17) is 11.5 Å². The third-order valence-corrected chi connectivity index (χ3v) is 3.62. The number of rotatable bonds is 4. The Labute approximate surface area is 116 Å². The van der Waals surface area contributed by atoms with E-state index in [1.165, 1.54) is 0 Å². The lowest BCUT2D eigenvalue weighted by Gasteiger charge is -2.05. The van der Waals surface area contributed by atoms with Gasteiger partial charge in [-0.05, 0) is 29.2 Å². The van der Waals surface area contributed by atoms with Crippen molar-refractivity contribution in [1.29, 1.82) is 0 Å². The zero-order chi connectivity index (χ0) is 13.1. The van der Waals surface area contributed by atoms with Crippen LogP contribution in [-0.4, -0.2) is 10.3 Å². The molecule has 0 saturated carbocycles. The van der Waals surface area contributed by atoms with E-state index in [-0.39, 0.29) is 11.4 Å². The molecule has 0 bridgehead atoms. The summed E-state index contributed by atoms with van der Waals surface area (Å²) in [5.74, 6) is -0.401.